The van der Waals surface area contributed by atoms with Gasteiger partial charge in [0, 0.05) is 18.5 Å². The summed E-state index contributed by atoms with van der Waals surface area (Å²) in [5.41, 5.74) is -2.19. The molecular formula is C15H15F6NO2. The summed E-state index contributed by atoms with van der Waals surface area (Å²) in [6.45, 7) is -0.182. The molecule has 0 atom stereocenters. The summed E-state index contributed by atoms with van der Waals surface area (Å²) < 4.78 is 76.8. The molecule has 1 amide bonds. The number of piperidine rings is 1. The molecular weight excluding hydrogens is 340 g/mol. The third-order valence-corrected chi connectivity index (χ3v) is 4.35. The van der Waals surface area contributed by atoms with Crippen molar-refractivity contribution in [2.75, 3.05) is 13.1 Å². The van der Waals surface area contributed by atoms with Crippen LogP contribution in [-0.4, -0.2) is 35.4 Å². The molecule has 0 aliphatic carbocycles. The van der Waals surface area contributed by atoms with Crippen molar-refractivity contribution in [2.24, 2.45) is 0 Å². The first kappa shape index (κ1) is 18.4. The topological polar surface area (TPSA) is 40.5 Å². The first-order chi connectivity index (χ1) is 10.9. The van der Waals surface area contributed by atoms with Gasteiger partial charge in [-0.25, -0.2) is 4.79 Å². The Morgan fingerprint density at radius 2 is 1.54 bits per heavy atom. The van der Waals surface area contributed by atoms with E-state index in [0.29, 0.717) is 0 Å². The average molecular weight is 355 g/mol. The number of carbonyl (C=O) groups is 1. The average Bonchev–Trinajstić information content (AvgIpc) is 2.45. The molecule has 0 saturated carbocycles. The number of hydrogen-bond donors (Lipinski definition) is 1. The SMILES string of the molecule is O=C(O)N1CCC(CC(F)(F)F)(c2ccc(C(F)(F)F)cc2)CC1. The minimum absolute atomic E-state index is 0.0908. The minimum atomic E-state index is -4.57. The van der Waals surface area contributed by atoms with Gasteiger partial charge < -0.3 is 10.0 Å². The van der Waals surface area contributed by atoms with Gasteiger partial charge in [0.2, 0.25) is 0 Å². The normalized spacial score (nSPS) is 18.5. The Morgan fingerprint density at radius 3 is 1.92 bits per heavy atom. The van der Waals surface area contributed by atoms with Gasteiger partial charge in [0.15, 0.2) is 0 Å². The second-order valence-electron chi connectivity index (χ2n) is 5.92. The molecule has 0 spiro atoms. The van der Waals surface area contributed by atoms with E-state index in [2.05, 4.69) is 0 Å². The van der Waals surface area contributed by atoms with Crippen LogP contribution in [0.5, 0.6) is 0 Å². The van der Waals surface area contributed by atoms with E-state index in [9.17, 15) is 31.1 Å². The van der Waals surface area contributed by atoms with Gasteiger partial charge in [-0.2, -0.15) is 26.3 Å². The third kappa shape index (κ3) is 4.12. The zero-order chi connectivity index (χ0) is 18.2. The van der Waals surface area contributed by atoms with E-state index in [-0.39, 0.29) is 31.5 Å². The highest BCUT2D eigenvalue weighted by Crippen LogP contribution is 2.44. The fourth-order valence-corrected chi connectivity index (χ4v) is 3.09. The summed E-state index contributed by atoms with van der Waals surface area (Å²) in [6, 6.07) is 3.64. The zero-order valence-electron chi connectivity index (χ0n) is 12.4. The van der Waals surface area contributed by atoms with E-state index in [0.717, 1.165) is 29.2 Å². The van der Waals surface area contributed by atoms with E-state index in [4.69, 9.17) is 5.11 Å². The van der Waals surface area contributed by atoms with Gasteiger partial charge in [-0.3, -0.25) is 0 Å². The second-order valence-corrected chi connectivity index (χ2v) is 5.92. The van der Waals surface area contributed by atoms with Crippen LogP contribution in [0.2, 0.25) is 0 Å². The molecule has 0 bridgehead atoms. The quantitative estimate of drug-likeness (QED) is 0.784. The Bertz CT molecular complexity index is 585. The van der Waals surface area contributed by atoms with Gasteiger partial charge in [-0.1, -0.05) is 12.1 Å². The first-order valence-electron chi connectivity index (χ1n) is 7.15. The highest BCUT2D eigenvalue weighted by molar-refractivity contribution is 5.65. The third-order valence-electron chi connectivity index (χ3n) is 4.35. The number of rotatable bonds is 2. The van der Waals surface area contributed by atoms with Crippen LogP contribution in [0.25, 0.3) is 0 Å². The van der Waals surface area contributed by atoms with E-state index in [1.165, 1.54) is 0 Å². The maximum atomic E-state index is 13.0. The Kier molecular flexibility index (Phi) is 4.74. The van der Waals surface area contributed by atoms with Gasteiger partial charge in [0.1, 0.15) is 0 Å². The predicted octanol–water partition coefficient (Wildman–Crippen LogP) is 4.67. The first-order valence-corrected chi connectivity index (χ1v) is 7.15. The number of benzene rings is 1. The van der Waals surface area contributed by atoms with Crippen molar-refractivity contribution < 1.29 is 36.2 Å². The molecule has 134 valence electrons. The van der Waals surface area contributed by atoms with E-state index >= 15 is 0 Å². The van der Waals surface area contributed by atoms with Gasteiger partial charge in [-0.05, 0) is 30.5 Å². The van der Waals surface area contributed by atoms with Crippen LogP contribution < -0.4 is 0 Å². The largest absolute Gasteiger partial charge is 0.465 e. The number of nitrogens with zero attached hydrogens (tertiary/aromatic N) is 1. The van der Waals surface area contributed by atoms with Crippen molar-refractivity contribution in [3.05, 3.63) is 35.4 Å². The second kappa shape index (κ2) is 6.18. The van der Waals surface area contributed by atoms with Crippen molar-refractivity contribution in [3.63, 3.8) is 0 Å². The van der Waals surface area contributed by atoms with Crippen LogP contribution in [0.4, 0.5) is 31.1 Å². The monoisotopic (exact) mass is 355 g/mol. The lowest BCUT2D eigenvalue weighted by Gasteiger charge is -2.42. The highest BCUT2D eigenvalue weighted by Gasteiger charge is 2.46. The number of hydrogen-bond acceptors (Lipinski definition) is 1. The van der Waals surface area contributed by atoms with E-state index in [1.54, 1.807) is 0 Å². The van der Waals surface area contributed by atoms with Crippen LogP contribution in [0, 0.1) is 0 Å². The number of alkyl halides is 6. The summed E-state index contributed by atoms with van der Waals surface area (Å²) in [5.74, 6) is 0. The Hall–Kier alpha value is -1.93. The Labute approximate surface area is 133 Å². The highest BCUT2D eigenvalue weighted by atomic mass is 19.4. The molecule has 1 aromatic carbocycles. The Morgan fingerprint density at radius 1 is 1.04 bits per heavy atom. The minimum Gasteiger partial charge on any atom is -0.465 e. The lowest BCUT2D eigenvalue weighted by molar-refractivity contribution is -0.152. The van der Waals surface area contributed by atoms with Gasteiger partial charge in [-0.15, -0.1) is 0 Å². The number of halogens is 6. The smallest absolute Gasteiger partial charge is 0.416 e. The van der Waals surface area contributed by atoms with Crippen LogP contribution in [0.15, 0.2) is 24.3 Å². The number of likely N-dealkylation sites (tertiary alicyclic amines) is 1. The lowest BCUT2D eigenvalue weighted by Crippen LogP contribution is -2.46. The maximum absolute atomic E-state index is 13.0. The molecule has 1 aliphatic heterocycles. The van der Waals surface area contributed by atoms with Crippen molar-refractivity contribution in [1.82, 2.24) is 4.90 Å². The molecule has 1 heterocycles. The molecule has 0 aromatic heterocycles. The summed E-state index contributed by atoms with van der Waals surface area (Å²) in [6.07, 6.45) is -11.7. The molecule has 1 N–H and O–H groups in total. The lowest BCUT2D eigenvalue weighted by atomic mass is 9.70. The molecule has 3 nitrogen and oxygen atoms in total. The van der Waals surface area contributed by atoms with Gasteiger partial charge in [0.05, 0.1) is 12.0 Å². The van der Waals surface area contributed by atoms with Crippen molar-refractivity contribution in [3.8, 4) is 0 Å². The van der Waals surface area contributed by atoms with Crippen LogP contribution in [0.1, 0.15) is 30.4 Å². The molecule has 1 aromatic rings. The van der Waals surface area contributed by atoms with E-state index in [1.807, 2.05) is 0 Å². The van der Waals surface area contributed by atoms with Crippen LogP contribution in [0.3, 0.4) is 0 Å². The van der Waals surface area contributed by atoms with E-state index < -0.39 is 35.8 Å². The van der Waals surface area contributed by atoms with Crippen molar-refractivity contribution >= 4 is 6.09 Å². The van der Waals surface area contributed by atoms with Crippen LogP contribution in [-0.2, 0) is 11.6 Å². The van der Waals surface area contributed by atoms with Crippen LogP contribution >= 0.6 is 0 Å². The summed E-state index contributed by atoms with van der Waals surface area (Å²) >= 11 is 0. The molecule has 9 heteroatoms. The zero-order valence-corrected chi connectivity index (χ0v) is 12.4. The predicted molar refractivity (Wildman–Crippen MR) is 72.6 cm³/mol. The molecule has 1 saturated heterocycles. The molecule has 1 fully saturated rings. The number of amides is 1. The molecule has 24 heavy (non-hydrogen) atoms. The van der Waals surface area contributed by atoms with Crippen molar-refractivity contribution in [1.29, 1.82) is 0 Å². The fourth-order valence-electron chi connectivity index (χ4n) is 3.09. The molecule has 0 unspecified atom stereocenters. The van der Waals surface area contributed by atoms with Gasteiger partial charge in [0.25, 0.3) is 0 Å². The molecule has 1 aliphatic rings. The molecule has 2 rings (SSSR count). The summed E-state index contributed by atoms with van der Waals surface area (Å²) in [4.78, 5) is 11.9. The Balaban J connectivity index is 2.32. The fraction of sp³-hybridized carbons (Fsp3) is 0.533. The summed E-state index contributed by atoms with van der Waals surface area (Å²) in [5, 5.41) is 8.92. The summed E-state index contributed by atoms with van der Waals surface area (Å²) in [7, 11) is 0. The maximum Gasteiger partial charge on any atom is 0.416 e. The standard InChI is InChI=1S/C15H15F6NO2/c16-14(17,18)9-13(5-7-22(8-6-13)12(23)24)10-1-3-11(4-2-10)15(19,20)21/h1-4H,5-9H2,(H,23,24). The number of carboxylic acid groups (broad SMARTS) is 1. The molecule has 0 radical (unpaired) electrons. The van der Waals surface area contributed by atoms with Gasteiger partial charge >= 0.3 is 18.4 Å². The van der Waals surface area contributed by atoms with Crippen molar-refractivity contribution in [2.45, 2.75) is 37.0 Å².